The van der Waals surface area contributed by atoms with Crippen LogP contribution in [-0.4, -0.2) is 0 Å². The number of nitrogens with one attached hydrogen (secondary N) is 1. The van der Waals surface area contributed by atoms with E-state index in [0.717, 1.165) is 10.9 Å². The van der Waals surface area contributed by atoms with Crippen LogP contribution in [0.15, 0.2) is 59.1 Å². The Morgan fingerprint density at radius 1 is 1.10 bits per heavy atom. The van der Waals surface area contributed by atoms with E-state index >= 15 is 0 Å². The Bertz CT molecular complexity index is 702. The molecule has 4 rings (SSSR count). The minimum atomic E-state index is 0.386. The van der Waals surface area contributed by atoms with Crippen molar-refractivity contribution in [2.75, 3.05) is 5.32 Å². The van der Waals surface area contributed by atoms with Crippen LogP contribution in [0.25, 0.3) is 0 Å². The fraction of sp³-hybridized carbons (Fsp3) is 0.263. The number of hydrogen-bond donors (Lipinski definition) is 1. The molecule has 0 saturated carbocycles. The number of halogens is 1. The van der Waals surface area contributed by atoms with E-state index in [1.807, 2.05) is 0 Å². The van der Waals surface area contributed by atoms with Crippen LogP contribution in [0.1, 0.15) is 35.1 Å². The van der Waals surface area contributed by atoms with Crippen LogP contribution in [0.2, 0.25) is 0 Å². The molecule has 2 heteroatoms. The molecule has 0 spiro atoms. The lowest BCUT2D eigenvalue weighted by Gasteiger charge is -2.38. The van der Waals surface area contributed by atoms with Crippen LogP contribution in [0.3, 0.4) is 0 Å². The molecule has 3 atom stereocenters. The first kappa shape index (κ1) is 13.1. The van der Waals surface area contributed by atoms with Gasteiger partial charge in [0.25, 0.3) is 0 Å². The van der Waals surface area contributed by atoms with E-state index in [-0.39, 0.29) is 0 Å². The lowest BCUT2D eigenvalue weighted by Crippen LogP contribution is -2.29. The van der Waals surface area contributed by atoms with Gasteiger partial charge >= 0.3 is 0 Å². The average Bonchev–Trinajstić information content (AvgIpc) is 2.98. The van der Waals surface area contributed by atoms with Crippen LogP contribution < -0.4 is 5.32 Å². The number of allylic oxidation sites excluding steroid dienone is 2. The van der Waals surface area contributed by atoms with Crippen LogP contribution in [0.5, 0.6) is 0 Å². The highest BCUT2D eigenvalue weighted by Gasteiger charge is 2.38. The first-order chi connectivity index (χ1) is 10.2. The number of fused-ring (bicyclic) bond motifs is 3. The second-order valence-electron chi connectivity index (χ2n) is 6.09. The Kier molecular flexibility index (Phi) is 3.15. The number of rotatable bonds is 1. The molecule has 1 N–H and O–H groups in total. The van der Waals surface area contributed by atoms with Crippen LogP contribution in [0, 0.1) is 12.8 Å². The van der Waals surface area contributed by atoms with Gasteiger partial charge in [-0.2, -0.15) is 0 Å². The van der Waals surface area contributed by atoms with Crippen molar-refractivity contribution in [2.45, 2.75) is 25.3 Å². The minimum Gasteiger partial charge on any atom is -0.377 e. The summed E-state index contributed by atoms with van der Waals surface area (Å²) in [6.45, 7) is 2.14. The summed E-state index contributed by atoms with van der Waals surface area (Å²) in [5.41, 5.74) is 5.39. The van der Waals surface area contributed by atoms with E-state index in [2.05, 4.69) is 82.8 Å². The molecule has 2 aromatic rings. The Labute approximate surface area is 134 Å². The molecule has 0 unspecified atom stereocenters. The van der Waals surface area contributed by atoms with Crippen molar-refractivity contribution >= 4 is 21.6 Å². The van der Waals surface area contributed by atoms with E-state index in [4.69, 9.17) is 0 Å². The predicted molar refractivity (Wildman–Crippen MR) is 91.7 cm³/mol. The Hall–Kier alpha value is -1.54. The maximum atomic E-state index is 3.79. The molecule has 2 aromatic carbocycles. The van der Waals surface area contributed by atoms with Gasteiger partial charge in [0.1, 0.15) is 0 Å². The zero-order valence-corrected chi connectivity index (χ0v) is 13.6. The quantitative estimate of drug-likeness (QED) is 0.668. The fourth-order valence-corrected chi connectivity index (χ4v) is 4.18. The van der Waals surface area contributed by atoms with E-state index < -0.39 is 0 Å². The van der Waals surface area contributed by atoms with Gasteiger partial charge in [-0.05, 0) is 52.4 Å². The predicted octanol–water partition coefficient (Wildman–Crippen LogP) is 5.58. The molecule has 0 saturated heterocycles. The minimum absolute atomic E-state index is 0.386. The largest absolute Gasteiger partial charge is 0.377 e. The summed E-state index contributed by atoms with van der Waals surface area (Å²) in [5, 5.41) is 3.79. The fourth-order valence-electron chi connectivity index (χ4n) is 3.69. The number of aryl methyl sites for hydroxylation is 1. The highest BCUT2D eigenvalue weighted by molar-refractivity contribution is 9.10. The molecule has 1 nitrogen and oxygen atoms in total. The summed E-state index contributed by atoms with van der Waals surface area (Å²) in [6, 6.07) is 15.9. The molecule has 0 aromatic heterocycles. The first-order valence-electron chi connectivity index (χ1n) is 7.52. The molecule has 1 heterocycles. The van der Waals surface area contributed by atoms with Crippen molar-refractivity contribution in [1.82, 2.24) is 0 Å². The highest BCUT2D eigenvalue weighted by atomic mass is 79.9. The SMILES string of the molecule is Cc1ccc([C@@H]2Nc3c(Br)cccc3[C@@H]3C=CC[C@H]32)cc1. The lowest BCUT2D eigenvalue weighted by molar-refractivity contribution is 0.425. The number of anilines is 1. The second kappa shape index (κ2) is 5.03. The van der Waals surface area contributed by atoms with Gasteiger partial charge in [-0.15, -0.1) is 0 Å². The molecule has 0 bridgehead atoms. The standard InChI is InChI=1S/C19H18BrN/c1-12-8-10-13(11-9-12)18-15-5-2-4-14(15)16-6-3-7-17(20)19(16)21-18/h2-4,6-11,14-15,18,21H,5H2,1H3/t14-,15-,18+/m1/s1. The van der Waals surface area contributed by atoms with Gasteiger partial charge in [0.2, 0.25) is 0 Å². The third-order valence-electron chi connectivity index (χ3n) is 4.78. The molecule has 106 valence electrons. The normalized spacial score (nSPS) is 26.1. The zero-order valence-electron chi connectivity index (χ0n) is 12.0. The van der Waals surface area contributed by atoms with Gasteiger partial charge < -0.3 is 5.32 Å². The summed E-state index contributed by atoms with van der Waals surface area (Å²) < 4.78 is 1.16. The molecule has 1 aliphatic heterocycles. The summed E-state index contributed by atoms with van der Waals surface area (Å²) in [6.07, 6.45) is 5.88. The molecule has 21 heavy (non-hydrogen) atoms. The summed E-state index contributed by atoms with van der Waals surface area (Å²) in [5.74, 6) is 1.15. The van der Waals surface area contributed by atoms with Crippen molar-refractivity contribution in [3.05, 3.63) is 75.8 Å². The van der Waals surface area contributed by atoms with Gasteiger partial charge in [-0.1, -0.05) is 54.1 Å². The van der Waals surface area contributed by atoms with Gasteiger partial charge in [0.15, 0.2) is 0 Å². The van der Waals surface area contributed by atoms with Crippen molar-refractivity contribution < 1.29 is 0 Å². The van der Waals surface area contributed by atoms with Crippen LogP contribution >= 0.6 is 15.9 Å². The number of para-hydroxylation sites is 1. The first-order valence-corrected chi connectivity index (χ1v) is 8.31. The molecule has 2 aliphatic rings. The maximum Gasteiger partial charge on any atom is 0.0554 e. The van der Waals surface area contributed by atoms with E-state index in [1.54, 1.807) is 0 Å². The Balaban J connectivity index is 1.81. The molecule has 0 radical (unpaired) electrons. The van der Waals surface area contributed by atoms with Crippen molar-refractivity contribution in [1.29, 1.82) is 0 Å². The molecule has 0 amide bonds. The third kappa shape index (κ3) is 2.13. The van der Waals surface area contributed by atoms with E-state index in [9.17, 15) is 0 Å². The smallest absolute Gasteiger partial charge is 0.0554 e. The maximum absolute atomic E-state index is 3.79. The summed E-state index contributed by atoms with van der Waals surface area (Å²) >= 11 is 3.70. The topological polar surface area (TPSA) is 12.0 Å². The Morgan fingerprint density at radius 2 is 1.90 bits per heavy atom. The van der Waals surface area contributed by atoms with E-state index in [0.29, 0.717) is 17.9 Å². The summed E-state index contributed by atoms with van der Waals surface area (Å²) in [4.78, 5) is 0. The Morgan fingerprint density at radius 3 is 2.71 bits per heavy atom. The highest BCUT2D eigenvalue weighted by Crippen LogP contribution is 2.51. The lowest BCUT2D eigenvalue weighted by atomic mass is 9.77. The van der Waals surface area contributed by atoms with E-state index in [1.165, 1.54) is 22.4 Å². The summed E-state index contributed by atoms with van der Waals surface area (Å²) in [7, 11) is 0. The average molecular weight is 340 g/mol. The van der Waals surface area contributed by atoms with Crippen LogP contribution in [0.4, 0.5) is 5.69 Å². The van der Waals surface area contributed by atoms with Gasteiger partial charge in [0.05, 0.1) is 11.7 Å². The molecular weight excluding hydrogens is 322 g/mol. The molecule has 1 aliphatic carbocycles. The van der Waals surface area contributed by atoms with Crippen LogP contribution in [-0.2, 0) is 0 Å². The van der Waals surface area contributed by atoms with Crippen molar-refractivity contribution in [3.8, 4) is 0 Å². The van der Waals surface area contributed by atoms with Crippen molar-refractivity contribution in [2.24, 2.45) is 5.92 Å². The number of hydrogen-bond acceptors (Lipinski definition) is 1. The molecule has 0 fully saturated rings. The van der Waals surface area contributed by atoms with Gasteiger partial charge in [-0.25, -0.2) is 0 Å². The third-order valence-corrected chi connectivity index (χ3v) is 5.44. The number of benzene rings is 2. The monoisotopic (exact) mass is 339 g/mol. The zero-order chi connectivity index (χ0) is 14.4. The molecular formula is C19H18BrN. The second-order valence-corrected chi connectivity index (χ2v) is 6.94. The van der Waals surface area contributed by atoms with Gasteiger partial charge in [-0.3, -0.25) is 0 Å². The van der Waals surface area contributed by atoms with Gasteiger partial charge in [0, 0.05) is 10.4 Å². The van der Waals surface area contributed by atoms with Crippen molar-refractivity contribution in [3.63, 3.8) is 0 Å².